The van der Waals surface area contributed by atoms with Gasteiger partial charge < -0.3 is 5.32 Å². The molecule has 3 nitrogen and oxygen atoms in total. The molecule has 1 N–H and O–H groups in total. The first-order valence-electron chi connectivity index (χ1n) is 7.09. The third-order valence-electron chi connectivity index (χ3n) is 3.61. The predicted molar refractivity (Wildman–Crippen MR) is 83.7 cm³/mol. The van der Waals surface area contributed by atoms with Crippen LogP contribution in [0.2, 0.25) is 0 Å². The summed E-state index contributed by atoms with van der Waals surface area (Å²) in [6.45, 7) is 2.29. The van der Waals surface area contributed by atoms with Crippen molar-refractivity contribution in [3.8, 4) is 6.07 Å². The molecule has 1 aromatic carbocycles. The van der Waals surface area contributed by atoms with E-state index < -0.39 is 0 Å². The molecule has 0 aromatic heterocycles. The zero-order chi connectivity index (χ0) is 14.4. The van der Waals surface area contributed by atoms with Gasteiger partial charge in [0.2, 0.25) is 5.91 Å². The molecule has 0 radical (unpaired) electrons. The van der Waals surface area contributed by atoms with Crippen molar-refractivity contribution in [1.29, 1.82) is 5.26 Å². The molecule has 20 heavy (non-hydrogen) atoms. The molecule has 1 aromatic rings. The number of amides is 1. The largest absolute Gasteiger partial charge is 0.325 e. The van der Waals surface area contributed by atoms with Crippen molar-refractivity contribution in [2.24, 2.45) is 5.92 Å². The molecule has 0 aliphatic heterocycles. The Morgan fingerprint density at radius 1 is 1.50 bits per heavy atom. The lowest BCUT2D eigenvalue weighted by Gasteiger charge is -2.25. The van der Waals surface area contributed by atoms with Crippen molar-refractivity contribution in [2.45, 2.75) is 37.9 Å². The van der Waals surface area contributed by atoms with Crippen LogP contribution in [-0.4, -0.2) is 16.9 Å². The highest BCUT2D eigenvalue weighted by molar-refractivity contribution is 8.00. The van der Waals surface area contributed by atoms with Gasteiger partial charge in [-0.1, -0.05) is 25.8 Å². The fourth-order valence-corrected chi connectivity index (χ4v) is 3.84. The zero-order valence-electron chi connectivity index (χ0n) is 11.8. The molecule has 2 unspecified atom stereocenters. The van der Waals surface area contributed by atoms with E-state index in [1.165, 1.54) is 25.7 Å². The highest BCUT2D eigenvalue weighted by Gasteiger charge is 2.19. The van der Waals surface area contributed by atoms with Gasteiger partial charge in [-0.05, 0) is 37.0 Å². The summed E-state index contributed by atoms with van der Waals surface area (Å²) in [4.78, 5) is 11.9. The Balaban J connectivity index is 1.79. The number of hydrogen-bond donors (Lipinski definition) is 1. The molecule has 1 saturated carbocycles. The number of nitrogens with zero attached hydrogens (tertiary/aromatic N) is 1. The molecule has 4 heteroatoms. The third-order valence-corrected chi connectivity index (χ3v) is 4.94. The second-order valence-corrected chi connectivity index (χ2v) is 6.73. The lowest BCUT2D eigenvalue weighted by atomic mass is 9.91. The van der Waals surface area contributed by atoms with E-state index in [0.29, 0.717) is 22.3 Å². The minimum absolute atomic E-state index is 0.0170. The quantitative estimate of drug-likeness (QED) is 0.916. The fourth-order valence-electron chi connectivity index (χ4n) is 2.59. The minimum Gasteiger partial charge on any atom is -0.325 e. The first kappa shape index (κ1) is 14.9. The lowest BCUT2D eigenvalue weighted by Crippen LogP contribution is -2.20. The molecule has 0 bridgehead atoms. The van der Waals surface area contributed by atoms with Crippen LogP contribution in [0.5, 0.6) is 0 Å². The number of hydrogen-bond acceptors (Lipinski definition) is 3. The average molecular weight is 288 g/mol. The van der Waals surface area contributed by atoms with Gasteiger partial charge in [0.1, 0.15) is 0 Å². The first-order valence-corrected chi connectivity index (χ1v) is 8.14. The highest BCUT2D eigenvalue weighted by atomic mass is 32.2. The molecular formula is C16H20N2OS. The molecule has 1 fully saturated rings. The van der Waals surface area contributed by atoms with Crippen LogP contribution in [-0.2, 0) is 4.79 Å². The van der Waals surface area contributed by atoms with Gasteiger partial charge in [0, 0.05) is 10.9 Å². The molecule has 106 valence electrons. The van der Waals surface area contributed by atoms with Crippen LogP contribution in [0.1, 0.15) is 38.2 Å². The van der Waals surface area contributed by atoms with E-state index in [-0.39, 0.29) is 5.91 Å². The molecule has 2 rings (SSSR count). The van der Waals surface area contributed by atoms with Crippen LogP contribution in [0.15, 0.2) is 24.3 Å². The maximum atomic E-state index is 11.9. The van der Waals surface area contributed by atoms with Gasteiger partial charge in [-0.15, -0.1) is 11.8 Å². The normalized spacial score (nSPS) is 22.0. The SMILES string of the molecule is CC1CCCC(SCC(=O)Nc2cccc(C#N)c2)C1. The smallest absolute Gasteiger partial charge is 0.234 e. The Bertz CT molecular complexity index is 509. The predicted octanol–water partition coefficient (Wildman–Crippen LogP) is 3.81. The van der Waals surface area contributed by atoms with Crippen molar-refractivity contribution in [2.75, 3.05) is 11.1 Å². The monoisotopic (exact) mass is 288 g/mol. The summed E-state index contributed by atoms with van der Waals surface area (Å²) in [5.41, 5.74) is 1.27. The van der Waals surface area contributed by atoms with Crippen molar-refractivity contribution < 1.29 is 4.79 Å². The number of nitriles is 1. The molecule has 0 spiro atoms. The topological polar surface area (TPSA) is 52.9 Å². The zero-order valence-corrected chi connectivity index (χ0v) is 12.6. The number of thioether (sulfide) groups is 1. The van der Waals surface area contributed by atoms with Gasteiger partial charge in [-0.25, -0.2) is 0 Å². The number of carbonyl (C=O) groups excluding carboxylic acids is 1. The number of rotatable bonds is 4. The van der Waals surface area contributed by atoms with Gasteiger partial charge in [0.25, 0.3) is 0 Å². The van der Waals surface area contributed by atoms with Crippen molar-refractivity contribution in [1.82, 2.24) is 0 Å². The van der Waals surface area contributed by atoms with Gasteiger partial charge in [0.05, 0.1) is 17.4 Å². The van der Waals surface area contributed by atoms with Crippen molar-refractivity contribution in [3.63, 3.8) is 0 Å². The third kappa shape index (κ3) is 4.57. The van der Waals surface area contributed by atoms with E-state index in [9.17, 15) is 4.79 Å². The van der Waals surface area contributed by atoms with E-state index in [0.717, 1.165) is 5.92 Å². The van der Waals surface area contributed by atoms with Gasteiger partial charge in [-0.3, -0.25) is 4.79 Å². The Morgan fingerprint density at radius 2 is 2.35 bits per heavy atom. The molecule has 2 atom stereocenters. The average Bonchev–Trinajstić information content (AvgIpc) is 2.45. The van der Waals surface area contributed by atoms with Crippen LogP contribution in [0.25, 0.3) is 0 Å². The summed E-state index contributed by atoms with van der Waals surface area (Å²) in [6.07, 6.45) is 5.06. The van der Waals surface area contributed by atoms with Crippen LogP contribution >= 0.6 is 11.8 Å². The molecule has 1 amide bonds. The lowest BCUT2D eigenvalue weighted by molar-refractivity contribution is -0.113. The Morgan fingerprint density at radius 3 is 3.10 bits per heavy atom. The summed E-state index contributed by atoms with van der Waals surface area (Å²) in [7, 11) is 0. The molecule has 1 aliphatic carbocycles. The number of anilines is 1. The maximum Gasteiger partial charge on any atom is 0.234 e. The second-order valence-electron chi connectivity index (χ2n) is 5.45. The summed E-state index contributed by atoms with van der Waals surface area (Å²) in [6, 6.07) is 9.10. The van der Waals surface area contributed by atoms with Crippen LogP contribution in [0, 0.1) is 17.2 Å². The van der Waals surface area contributed by atoms with E-state index in [4.69, 9.17) is 5.26 Å². The van der Waals surface area contributed by atoms with Gasteiger partial charge >= 0.3 is 0 Å². The van der Waals surface area contributed by atoms with Crippen molar-refractivity contribution >= 4 is 23.4 Å². The first-order chi connectivity index (χ1) is 9.67. The minimum atomic E-state index is 0.0170. The summed E-state index contributed by atoms with van der Waals surface area (Å²) >= 11 is 1.76. The Kier molecular flexibility index (Phi) is 5.49. The molecular weight excluding hydrogens is 268 g/mol. The number of nitrogens with one attached hydrogen (secondary N) is 1. The number of carbonyl (C=O) groups is 1. The van der Waals surface area contributed by atoms with E-state index in [1.54, 1.807) is 30.0 Å². The van der Waals surface area contributed by atoms with Crippen molar-refractivity contribution in [3.05, 3.63) is 29.8 Å². The summed E-state index contributed by atoms with van der Waals surface area (Å²) < 4.78 is 0. The second kappa shape index (κ2) is 7.35. The standard InChI is InChI=1S/C16H20N2OS/c1-12-4-2-7-15(8-12)20-11-16(19)18-14-6-3-5-13(9-14)10-17/h3,5-6,9,12,15H,2,4,7-8,11H2,1H3,(H,18,19). The Labute approximate surface area is 124 Å². The van der Waals surface area contributed by atoms with E-state index in [1.807, 2.05) is 6.07 Å². The summed E-state index contributed by atoms with van der Waals surface area (Å²) in [5, 5.41) is 12.3. The molecule has 0 saturated heterocycles. The summed E-state index contributed by atoms with van der Waals surface area (Å²) in [5.74, 6) is 1.30. The van der Waals surface area contributed by atoms with E-state index in [2.05, 4.69) is 18.3 Å². The Hall–Kier alpha value is -1.47. The highest BCUT2D eigenvalue weighted by Crippen LogP contribution is 2.31. The van der Waals surface area contributed by atoms with Crippen LogP contribution < -0.4 is 5.32 Å². The van der Waals surface area contributed by atoms with E-state index >= 15 is 0 Å². The fraction of sp³-hybridized carbons (Fsp3) is 0.500. The molecule has 1 aliphatic rings. The maximum absolute atomic E-state index is 11.9. The van der Waals surface area contributed by atoms with Gasteiger partial charge in [0.15, 0.2) is 0 Å². The van der Waals surface area contributed by atoms with Crippen LogP contribution in [0.3, 0.4) is 0 Å². The van der Waals surface area contributed by atoms with Gasteiger partial charge in [-0.2, -0.15) is 5.26 Å². The van der Waals surface area contributed by atoms with Crippen LogP contribution in [0.4, 0.5) is 5.69 Å². The molecule has 0 heterocycles. The number of benzene rings is 1.